The van der Waals surface area contributed by atoms with Crippen molar-refractivity contribution in [2.75, 3.05) is 13.2 Å². The van der Waals surface area contributed by atoms with E-state index in [1.54, 1.807) is 0 Å². The minimum absolute atomic E-state index is 0.00295. The Bertz CT molecular complexity index is 1440. The van der Waals surface area contributed by atoms with Gasteiger partial charge in [-0.25, -0.2) is 9.59 Å². The number of Topliss-reactive ketones (excluding diaryl/α,β-unsaturated/α-hetero) is 1. The number of rotatable bonds is 17. The smallest absolute Gasteiger partial charge is 0.480 e. The topological polar surface area (TPSA) is 168 Å². The Hall–Kier alpha value is -4.40. The van der Waals surface area contributed by atoms with Crippen LogP contribution in [0.5, 0.6) is 0 Å². The normalized spacial score (nSPS) is 13.1. The summed E-state index contributed by atoms with van der Waals surface area (Å²) in [5.41, 5.74) is 3.87. The Kier molecular flexibility index (Phi) is 13.4. The summed E-state index contributed by atoms with van der Waals surface area (Å²) in [7, 11) is 5.29. The summed E-state index contributed by atoms with van der Waals surface area (Å²) in [5, 5.41) is 19.1. The number of carboxylic acid groups (broad SMARTS) is 1. The van der Waals surface area contributed by atoms with E-state index in [1.807, 2.05) is 62.4 Å². The molecule has 2 unspecified atom stereocenters. The number of amides is 3. The van der Waals surface area contributed by atoms with Crippen molar-refractivity contribution in [1.29, 1.82) is 0 Å². The molecule has 1 aliphatic rings. The molecule has 0 aliphatic heterocycles. The number of aliphatic carboxylic acids is 1. The fourth-order valence-electron chi connectivity index (χ4n) is 5.10. The van der Waals surface area contributed by atoms with Crippen molar-refractivity contribution in [3.8, 4) is 11.1 Å². The summed E-state index contributed by atoms with van der Waals surface area (Å²) < 4.78 is 5.41. The maximum absolute atomic E-state index is 12.6. The first kappa shape index (κ1) is 35.1. The number of hydrogen-bond donors (Lipinski definition) is 4. The first-order chi connectivity index (χ1) is 21.5. The van der Waals surface area contributed by atoms with Crippen LogP contribution in [-0.2, 0) is 28.7 Å². The minimum atomic E-state index is -1.40. The monoisotopic (exact) mass is 632 g/mol. The molecule has 45 heavy (non-hydrogen) atoms. The van der Waals surface area contributed by atoms with E-state index in [2.05, 4.69) is 21.3 Å². The summed E-state index contributed by atoms with van der Waals surface area (Å²) in [6.07, 6.45) is -1.21. The second-order valence-corrected chi connectivity index (χ2v) is 12.0. The number of carboxylic acids is 1. The van der Waals surface area contributed by atoms with Crippen molar-refractivity contribution in [2.24, 2.45) is 5.92 Å². The molecule has 2 aromatic carbocycles. The molecule has 3 amide bonds. The molecule has 3 rings (SSSR count). The molecule has 0 spiro atoms. The van der Waals surface area contributed by atoms with E-state index in [1.165, 1.54) is 0 Å². The van der Waals surface area contributed by atoms with Crippen molar-refractivity contribution < 1.29 is 38.6 Å². The second kappa shape index (κ2) is 17.2. The summed E-state index contributed by atoms with van der Waals surface area (Å²) in [6.45, 7) is 3.33. The molecule has 235 valence electrons. The van der Waals surface area contributed by atoms with E-state index in [0.29, 0.717) is 6.42 Å². The van der Waals surface area contributed by atoms with Crippen molar-refractivity contribution >= 4 is 56.2 Å². The predicted molar refractivity (Wildman–Crippen MR) is 170 cm³/mol. The van der Waals surface area contributed by atoms with Crippen LogP contribution in [0.25, 0.3) is 11.1 Å². The van der Waals surface area contributed by atoms with Gasteiger partial charge in [0.05, 0.1) is 0 Å². The van der Waals surface area contributed by atoms with Crippen LogP contribution in [0.1, 0.15) is 63.0 Å². The zero-order valence-corrected chi connectivity index (χ0v) is 26.1. The van der Waals surface area contributed by atoms with Crippen LogP contribution < -0.4 is 16.0 Å². The molecule has 2 aromatic rings. The van der Waals surface area contributed by atoms with Gasteiger partial charge in [0.15, 0.2) is 0 Å². The van der Waals surface area contributed by atoms with Gasteiger partial charge in [-0.3, -0.25) is 4.79 Å². The van der Waals surface area contributed by atoms with Gasteiger partial charge in [-0.05, 0) is 28.7 Å². The standard InChI is InChI=1S/C32H36BN3O8P/c1-19(2)15-26(27(37)12-14-30(40)45-18-33)35-29(39)16-34-28(38)13-11-25(31(41)42)36-32(43)44-17-24-22-9-5-3-7-20(22)21-8-4-6-10-23(21)24/h3-10,19,24-26H,11-17H2,1-2H3,(H,34,38)(H,35,39)(H,36,43)(H,41,42). The number of benzene rings is 2. The van der Waals surface area contributed by atoms with Crippen molar-refractivity contribution in [3.63, 3.8) is 0 Å². The first-order valence-corrected chi connectivity index (χ1v) is 15.5. The van der Waals surface area contributed by atoms with Gasteiger partial charge in [0, 0.05) is 12.3 Å². The van der Waals surface area contributed by atoms with E-state index in [4.69, 9.17) is 12.2 Å². The van der Waals surface area contributed by atoms with E-state index in [-0.39, 0.29) is 63.6 Å². The summed E-state index contributed by atoms with van der Waals surface area (Å²) in [4.78, 5) is 73.4. The van der Waals surface area contributed by atoms with Gasteiger partial charge < -0.3 is 15.2 Å². The average Bonchev–Trinajstić information content (AvgIpc) is 3.32. The predicted octanol–water partition coefficient (Wildman–Crippen LogP) is 3.03. The Balaban J connectivity index is 1.45. The second-order valence-electron chi connectivity index (χ2n) is 11.0. The van der Waals surface area contributed by atoms with E-state index < -0.39 is 42.5 Å². The average molecular weight is 632 g/mol. The minimum Gasteiger partial charge on any atom is -0.480 e. The summed E-state index contributed by atoms with van der Waals surface area (Å²) in [5.74, 6) is -3.00. The van der Waals surface area contributed by atoms with Gasteiger partial charge in [0.25, 0.3) is 0 Å². The molecular weight excluding hydrogens is 596 g/mol. The fraction of sp³-hybridized carbons (Fsp3) is 0.406. The summed E-state index contributed by atoms with van der Waals surface area (Å²) in [6, 6.07) is 13.4. The maximum atomic E-state index is 12.6. The zero-order valence-electron chi connectivity index (χ0n) is 25.2. The number of fused-ring (bicyclic) bond motifs is 3. The third-order valence-corrected chi connectivity index (χ3v) is 7.85. The molecular formula is C32H36BN3O8P. The Morgan fingerprint density at radius 2 is 1.51 bits per heavy atom. The molecule has 0 heterocycles. The molecule has 0 aromatic heterocycles. The number of carbonyl (C=O) groups is 6. The zero-order chi connectivity index (χ0) is 32.9. The van der Waals surface area contributed by atoms with Gasteiger partial charge in [0.1, 0.15) is 12.6 Å². The Morgan fingerprint density at radius 3 is 2.09 bits per heavy atom. The fourth-order valence-corrected chi connectivity index (χ4v) is 5.47. The van der Waals surface area contributed by atoms with Crippen LogP contribution in [-0.4, -0.2) is 78.4 Å². The molecule has 0 saturated heterocycles. The molecule has 0 saturated carbocycles. The number of ketones is 1. The van der Waals surface area contributed by atoms with Gasteiger partial charge in [-0.1, -0.05) is 48.5 Å². The third-order valence-electron chi connectivity index (χ3n) is 7.25. The number of ether oxygens (including phenoxy) is 1. The number of hydrogen-bond acceptors (Lipinski definition) is 7. The van der Waals surface area contributed by atoms with Crippen LogP contribution >= 0.6 is 8.20 Å². The molecule has 4 N–H and O–H groups in total. The molecule has 0 bridgehead atoms. The molecule has 1 radical (unpaired) electrons. The summed E-state index contributed by atoms with van der Waals surface area (Å²) >= 11 is 0. The van der Waals surface area contributed by atoms with Crippen LogP contribution in [0.15, 0.2) is 48.5 Å². The van der Waals surface area contributed by atoms with Gasteiger partial charge >= 0.3 is 133 Å². The van der Waals surface area contributed by atoms with Crippen molar-refractivity contribution in [3.05, 3.63) is 59.7 Å². The molecule has 0 fully saturated rings. The Labute approximate surface area is 264 Å². The van der Waals surface area contributed by atoms with Crippen molar-refractivity contribution in [2.45, 2.75) is 64.0 Å². The van der Waals surface area contributed by atoms with Crippen LogP contribution in [0.3, 0.4) is 0 Å². The third kappa shape index (κ3) is 10.6. The van der Waals surface area contributed by atoms with Gasteiger partial charge in [-0.2, -0.15) is 0 Å². The number of nitrogens with one attached hydrogen (secondary N) is 3. The SMILES string of the molecule is [B]=C=PC(=O)CCC(=O)C(CC(C)C)NC(=O)CNC(=O)CCC(NC(=O)OCC1c2ccccc2-c2ccccc21)C(=O)O. The number of carbonyl (C=O) groups excluding carboxylic acids is 5. The number of alkyl carbamates (subject to hydrolysis) is 1. The molecule has 13 heteroatoms. The van der Waals surface area contributed by atoms with E-state index in [9.17, 15) is 33.9 Å². The molecule has 2 atom stereocenters. The molecule has 1 aliphatic carbocycles. The van der Waals surface area contributed by atoms with Gasteiger partial charge in [-0.15, -0.1) is 0 Å². The van der Waals surface area contributed by atoms with Gasteiger partial charge in [0.2, 0.25) is 0 Å². The van der Waals surface area contributed by atoms with E-state index >= 15 is 0 Å². The van der Waals surface area contributed by atoms with Crippen molar-refractivity contribution in [1.82, 2.24) is 16.0 Å². The molecule has 11 nitrogen and oxygen atoms in total. The van der Waals surface area contributed by atoms with Crippen LogP contribution in [0.4, 0.5) is 4.79 Å². The first-order valence-electron chi connectivity index (χ1n) is 14.6. The Morgan fingerprint density at radius 1 is 0.889 bits per heavy atom. The van der Waals surface area contributed by atoms with Crippen LogP contribution in [0, 0.1) is 5.92 Å². The van der Waals surface area contributed by atoms with E-state index in [0.717, 1.165) is 22.3 Å². The van der Waals surface area contributed by atoms with Crippen LogP contribution in [0.2, 0.25) is 0 Å². The quantitative estimate of drug-likeness (QED) is 0.153.